The van der Waals surface area contributed by atoms with Crippen LogP contribution in [0.2, 0.25) is 0 Å². The van der Waals surface area contributed by atoms with Crippen LogP contribution in [0.15, 0.2) is 18.2 Å². The molecule has 2 unspecified atom stereocenters. The molecule has 0 spiro atoms. The van der Waals surface area contributed by atoms with Gasteiger partial charge in [0, 0.05) is 17.1 Å². The minimum atomic E-state index is -0.453. The van der Waals surface area contributed by atoms with Crippen LogP contribution in [0.5, 0.6) is 5.75 Å². The van der Waals surface area contributed by atoms with Crippen molar-refractivity contribution in [2.24, 2.45) is 0 Å². The average molecular weight is 271 g/mol. The zero-order valence-corrected chi connectivity index (χ0v) is 11.4. The number of nitrogens with zero attached hydrogens (tertiary/aromatic N) is 1. The van der Waals surface area contributed by atoms with E-state index in [0.717, 1.165) is 5.56 Å². The molecule has 0 saturated carbocycles. The van der Waals surface area contributed by atoms with Crippen molar-refractivity contribution >= 4 is 17.4 Å². The van der Waals surface area contributed by atoms with E-state index in [2.05, 4.69) is 0 Å². The number of hydrogen-bond acceptors (Lipinski definition) is 5. The molecule has 0 bridgehead atoms. The molecular formula is C12H17NO4S. The quantitative estimate of drug-likeness (QED) is 0.636. The predicted molar refractivity (Wildman–Crippen MR) is 72.1 cm³/mol. The maximum absolute atomic E-state index is 10.9. The highest BCUT2D eigenvalue weighted by molar-refractivity contribution is 7.99. The molecule has 0 aliphatic heterocycles. The summed E-state index contributed by atoms with van der Waals surface area (Å²) in [6.45, 7) is 3.65. The average Bonchev–Trinajstić information content (AvgIpc) is 2.35. The zero-order valence-electron chi connectivity index (χ0n) is 10.6. The van der Waals surface area contributed by atoms with Gasteiger partial charge in [-0.15, -0.1) is 0 Å². The van der Waals surface area contributed by atoms with Gasteiger partial charge in [0.15, 0.2) is 5.75 Å². The number of nitro benzene ring substituents is 1. The second-order valence-electron chi connectivity index (χ2n) is 4.02. The number of nitro groups is 1. The predicted octanol–water partition coefficient (Wildman–Crippen LogP) is 2.61. The Kier molecular flexibility index (Phi) is 5.43. The molecule has 6 heteroatoms. The Balaban J connectivity index is 2.79. The molecule has 0 radical (unpaired) electrons. The van der Waals surface area contributed by atoms with Crippen LogP contribution in [-0.2, 0) is 5.75 Å². The number of thioether (sulfide) groups is 1. The van der Waals surface area contributed by atoms with Crippen molar-refractivity contribution in [2.45, 2.75) is 31.0 Å². The van der Waals surface area contributed by atoms with Gasteiger partial charge in [-0.25, -0.2) is 0 Å². The van der Waals surface area contributed by atoms with Gasteiger partial charge in [-0.3, -0.25) is 10.1 Å². The van der Waals surface area contributed by atoms with Gasteiger partial charge in [0.05, 0.1) is 18.1 Å². The summed E-state index contributed by atoms with van der Waals surface area (Å²) in [7, 11) is 1.41. The summed E-state index contributed by atoms with van der Waals surface area (Å²) in [6, 6.07) is 4.91. The zero-order chi connectivity index (χ0) is 13.7. The number of ether oxygens (including phenoxy) is 1. The number of benzene rings is 1. The highest BCUT2D eigenvalue weighted by atomic mass is 32.2. The molecule has 1 aromatic carbocycles. The third kappa shape index (κ3) is 3.89. The monoisotopic (exact) mass is 271 g/mol. The van der Waals surface area contributed by atoms with E-state index in [1.807, 2.05) is 6.92 Å². The Morgan fingerprint density at radius 3 is 2.67 bits per heavy atom. The van der Waals surface area contributed by atoms with Crippen molar-refractivity contribution in [3.8, 4) is 5.75 Å². The van der Waals surface area contributed by atoms with E-state index in [1.54, 1.807) is 30.8 Å². The Morgan fingerprint density at radius 1 is 1.50 bits per heavy atom. The summed E-state index contributed by atoms with van der Waals surface area (Å²) in [5, 5.41) is 20.3. The van der Waals surface area contributed by atoms with Gasteiger partial charge in [-0.05, 0) is 18.6 Å². The van der Waals surface area contributed by atoms with E-state index in [-0.39, 0.29) is 16.7 Å². The van der Waals surface area contributed by atoms with Crippen molar-refractivity contribution in [1.82, 2.24) is 0 Å². The first-order chi connectivity index (χ1) is 8.45. The molecule has 1 N–H and O–H groups in total. The van der Waals surface area contributed by atoms with Crippen molar-refractivity contribution in [3.63, 3.8) is 0 Å². The lowest BCUT2D eigenvalue weighted by atomic mass is 10.2. The summed E-state index contributed by atoms with van der Waals surface area (Å²) < 4.78 is 4.94. The van der Waals surface area contributed by atoms with E-state index in [0.29, 0.717) is 5.75 Å². The molecule has 0 fully saturated rings. The topological polar surface area (TPSA) is 72.6 Å². The Bertz CT molecular complexity index is 423. The van der Waals surface area contributed by atoms with Crippen molar-refractivity contribution < 1.29 is 14.8 Å². The maximum Gasteiger partial charge on any atom is 0.311 e. The lowest BCUT2D eigenvalue weighted by Crippen LogP contribution is -2.15. The van der Waals surface area contributed by atoms with Gasteiger partial charge in [0.1, 0.15) is 0 Å². The van der Waals surface area contributed by atoms with Crippen molar-refractivity contribution in [1.29, 1.82) is 0 Å². The molecule has 0 aliphatic carbocycles. The van der Waals surface area contributed by atoms with Gasteiger partial charge in [-0.1, -0.05) is 13.0 Å². The number of methoxy groups -OCH3 is 1. The fourth-order valence-electron chi connectivity index (χ4n) is 1.33. The lowest BCUT2D eigenvalue weighted by molar-refractivity contribution is -0.385. The number of aliphatic hydroxyl groups excluding tert-OH is 1. The Morgan fingerprint density at radius 2 is 2.17 bits per heavy atom. The van der Waals surface area contributed by atoms with E-state index >= 15 is 0 Å². The number of rotatable bonds is 6. The van der Waals surface area contributed by atoms with Gasteiger partial charge in [0.2, 0.25) is 0 Å². The number of hydrogen-bond donors (Lipinski definition) is 1. The van der Waals surface area contributed by atoms with E-state index in [4.69, 9.17) is 4.74 Å². The van der Waals surface area contributed by atoms with Crippen LogP contribution >= 0.6 is 11.8 Å². The van der Waals surface area contributed by atoms with Gasteiger partial charge < -0.3 is 9.84 Å². The standard InChI is InChI=1S/C12H17NO4S/c1-8(14)9(2)18-7-10-4-5-12(17-3)11(6-10)13(15)16/h4-6,8-9,14H,7H2,1-3H3. The largest absolute Gasteiger partial charge is 0.490 e. The molecule has 0 aliphatic rings. The van der Waals surface area contributed by atoms with E-state index in [1.165, 1.54) is 13.2 Å². The van der Waals surface area contributed by atoms with Crippen LogP contribution in [-0.4, -0.2) is 28.5 Å². The molecule has 1 aromatic rings. The molecule has 0 aromatic heterocycles. The van der Waals surface area contributed by atoms with Gasteiger partial charge >= 0.3 is 5.69 Å². The molecule has 2 atom stereocenters. The van der Waals surface area contributed by atoms with Crippen LogP contribution in [0.1, 0.15) is 19.4 Å². The smallest absolute Gasteiger partial charge is 0.311 e. The minimum absolute atomic E-state index is 0.0275. The van der Waals surface area contributed by atoms with Crippen LogP contribution in [0.4, 0.5) is 5.69 Å². The van der Waals surface area contributed by atoms with Gasteiger partial charge in [-0.2, -0.15) is 11.8 Å². The van der Waals surface area contributed by atoms with Crippen molar-refractivity contribution in [2.75, 3.05) is 7.11 Å². The Hall–Kier alpha value is -1.27. The molecular weight excluding hydrogens is 254 g/mol. The van der Waals surface area contributed by atoms with E-state index in [9.17, 15) is 15.2 Å². The molecule has 0 heterocycles. The first kappa shape index (κ1) is 14.8. The minimum Gasteiger partial charge on any atom is -0.490 e. The third-order valence-electron chi connectivity index (χ3n) is 2.63. The molecule has 18 heavy (non-hydrogen) atoms. The summed E-state index contributed by atoms with van der Waals surface area (Å²) in [4.78, 5) is 10.4. The normalized spacial score (nSPS) is 14.0. The fourth-order valence-corrected chi connectivity index (χ4v) is 2.25. The molecule has 1 rings (SSSR count). The third-order valence-corrected chi connectivity index (χ3v) is 4.05. The molecule has 100 valence electrons. The summed E-state index contributed by atoms with van der Waals surface area (Å²) in [6.07, 6.45) is -0.400. The van der Waals surface area contributed by atoms with Gasteiger partial charge in [0.25, 0.3) is 0 Å². The Labute approximate surface area is 110 Å². The lowest BCUT2D eigenvalue weighted by Gasteiger charge is -2.14. The first-order valence-electron chi connectivity index (χ1n) is 5.56. The summed E-state index contributed by atoms with van der Waals surface area (Å²) >= 11 is 1.56. The van der Waals surface area contributed by atoms with E-state index < -0.39 is 11.0 Å². The number of aliphatic hydroxyl groups is 1. The maximum atomic E-state index is 10.9. The SMILES string of the molecule is COc1ccc(CSC(C)C(C)O)cc1[N+](=O)[O-]. The summed E-state index contributed by atoms with van der Waals surface area (Å²) in [5.41, 5.74) is 0.820. The van der Waals surface area contributed by atoms with Crippen LogP contribution in [0, 0.1) is 10.1 Å². The first-order valence-corrected chi connectivity index (χ1v) is 6.61. The fraction of sp³-hybridized carbons (Fsp3) is 0.500. The van der Waals surface area contributed by atoms with Crippen LogP contribution in [0.3, 0.4) is 0 Å². The second-order valence-corrected chi connectivity index (χ2v) is 5.39. The molecule has 0 saturated heterocycles. The molecule has 0 amide bonds. The molecule has 5 nitrogen and oxygen atoms in total. The van der Waals surface area contributed by atoms with Crippen LogP contribution in [0.25, 0.3) is 0 Å². The highest BCUT2D eigenvalue weighted by Gasteiger charge is 2.16. The summed E-state index contributed by atoms with van der Waals surface area (Å²) in [5.74, 6) is 0.883. The van der Waals surface area contributed by atoms with Crippen molar-refractivity contribution in [3.05, 3.63) is 33.9 Å². The van der Waals surface area contributed by atoms with Crippen LogP contribution < -0.4 is 4.74 Å². The second kappa shape index (κ2) is 6.61. The highest BCUT2D eigenvalue weighted by Crippen LogP contribution is 2.30.